The number of hydrogen-bond donors (Lipinski definition) is 1. The lowest BCUT2D eigenvalue weighted by Gasteiger charge is -2.07. The Kier molecular flexibility index (Phi) is 3.97. The van der Waals surface area contributed by atoms with Gasteiger partial charge >= 0.3 is 0 Å². The van der Waals surface area contributed by atoms with Crippen molar-refractivity contribution >= 4 is 0 Å². The van der Waals surface area contributed by atoms with Crippen molar-refractivity contribution in [2.45, 2.75) is 33.7 Å². The molecule has 0 aliphatic rings. The van der Waals surface area contributed by atoms with E-state index in [9.17, 15) is 0 Å². The van der Waals surface area contributed by atoms with Crippen molar-refractivity contribution < 1.29 is 0 Å². The Balaban J connectivity index is 2.56. The predicted octanol–water partition coefficient (Wildman–Crippen LogP) is 2.80. The average molecular weight is 177 g/mol. The molecule has 0 saturated carbocycles. The Morgan fingerprint density at radius 3 is 2.62 bits per heavy atom. The Morgan fingerprint density at radius 2 is 2.00 bits per heavy atom. The van der Waals surface area contributed by atoms with Crippen LogP contribution in [0.25, 0.3) is 0 Å². The monoisotopic (exact) mass is 177 g/mol. The molecule has 13 heavy (non-hydrogen) atoms. The van der Waals surface area contributed by atoms with Crippen molar-refractivity contribution in [2.24, 2.45) is 0 Å². The second-order valence-corrected chi connectivity index (χ2v) is 3.61. The molecule has 0 aromatic heterocycles. The fourth-order valence-electron chi connectivity index (χ4n) is 1.44. The quantitative estimate of drug-likeness (QED) is 0.697. The molecule has 0 unspecified atom stereocenters. The molecule has 0 fully saturated rings. The van der Waals surface area contributed by atoms with Gasteiger partial charge in [-0.15, -0.1) is 0 Å². The van der Waals surface area contributed by atoms with Gasteiger partial charge in [0.25, 0.3) is 0 Å². The highest BCUT2D eigenvalue weighted by molar-refractivity contribution is 5.30. The SMILES string of the molecule is CCCNCc1ccc(C)cc1C. The lowest BCUT2D eigenvalue weighted by molar-refractivity contribution is 0.673. The van der Waals surface area contributed by atoms with Gasteiger partial charge in [-0.3, -0.25) is 0 Å². The second kappa shape index (κ2) is 5.03. The normalized spacial score (nSPS) is 10.4. The van der Waals surface area contributed by atoms with E-state index in [2.05, 4.69) is 44.3 Å². The zero-order chi connectivity index (χ0) is 9.68. The van der Waals surface area contributed by atoms with Crippen LogP contribution in [0.1, 0.15) is 30.0 Å². The highest BCUT2D eigenvalue weighted by atomic mass is 14.8. The van der Waals surface area contributed by atoms with Crippen molar-refractivity contribution in [3.8, 4) is 0 Å². The van der Waals surface area contributed by atoms with Crippen molar-refractivity contribution in [3.63, 3.8) is 0 Å². The first-order chi connectivity index (χ1) is 6.24. The molecule has 1 aromatic carbocycles. The zero-order valence-corrected chi connectivity index (χ0v) is 8.85. The summed E-state index contributed by atoms with van der Waals surface area (Å²) in [5.41, 5.74) is 4.15. The molecule has 0 amide bonds. The van der Waals surface area contributed by atoms with Gasteiger partial charge < -0.3 is 5.32 Å². The van der Waals surface area contributed by atoms with Crippen LogP contribution in [0.4, 0.5) is 0 Å². The molecule has 0 spiro atoms. The van der Waals surface area contributed by atoms with Crippen molar-refractivity contribution in [1.82, 2.24) is 5.32 Å². The first-order valence-electron chi connectivity index (χ1n) is 5.01. The molecule has 0 atom stereocenters. The average Bonchev–Trinajstić information content (AvgIpc) is 2.09. The number of nitrogens with one attached hydrogen (secondary N) is 1. The summed E-state index contributed by atoms with van der Waals surface area (Å²) in [5.74, 6) is 0. The molecule has 0 aliphatic carbocycles. The number of benzene rings is 1. The van der Waals surface area contributed by atoms with Gasteiger partial charge in [0.1, 0.15) is 0 Å². The lowest BCUT2D eigenvalue weighted by atomic mass is 10.1. The van der Waals surface area contributed by atoms with Gasteiger partial charge in [0.2, 0.25) is 0 Å². The minimum absolute atomic E-state index is 1.000. The molecule has 1 N–H and O–H groups in total. The van der Waals surface area contributed by atoms with Gasteiger partial charge in [0.05, 0.1) is 0 Å². The molecule has 1 aromatic rings. The molecule has 0 saturated heterocycles. The van der Waals surface area contributed by atoms with Gasteiger partial charge in [-0.2, -0.15) is 0 Å². The topological polar surface area (TPSA) is 12.0 Å². The van der Waals surface area contributed by atoms with Crippen LogP contribution in [-0.4, -0.2) is 6.54 Å². The summed E-state index contributed by atoms with van der Waals surface area (Å²) in [4.78, 5) is 0. The van der Waals surface area contributed by atoms with E-state index in [-0.39, 0.29) is 0 Å². The summed E-state index contributed by atoms with van der Waals surface area (Å²) in [6.07, 6.45) is 1.20. The highest BCUT2D eigenvalue weighted by Crippen LogP contribution is 2.09. The first kappa shape index (κ1) is 10.3. The molecule has 0 radical (unpaired) electrons. The van der Waals surface area contributed by atoms with Gasteiger partial charge in [0.15, 0.2) is 0 Å². The van der Waals surface area contributed by atoms with Gasteiger partial charge in [-0.05, 0) is 37.9 Å². The highest BCUT2D eigenvalue weighted by Gasteiger charge is 1.96. The van der Waals surface area contributed by atoms with Crippen LogP contribution < -0.4 is 5.32 Å². The van der Waals surface area contributed by atoms with E-state index in [1.54, 1.807) is 0 Å². The van der Waals surface area contributed by atoms with E-state index in [4.69, 9.17) is 0 Å². The van der Waals surface area contributed by atoms with E-state index < -0.39 is 0 Å². The molecule has 1 rings (SSSR count). The second-order valence-electron chi connectivity index (χ2n) is 3.61. The Hall–Kier alpha value is -0.820. The van der Waals surface area contributed by atoms with Gasteiger partial charge in [-0.1, -0.05) is 30.7 Å². The maximum atomic E-state index is 3.41. The third-order valence-corrected chi connectivity index (χ3v) is 2.24. The molecule has 1 nitrogen and oxygen atoms in total. The minimum Gasteiger partial charge on any atom is -0.313 e. The summed E-state index contributed by atoms with van der Waals surface area (Å²) in [5, 5.41) is 3.41. The van der Waals surface area contributed by atoms with Crippen LogP contribution in [0.5, 0.6) is 0 Å². The third-order valence-electron chi connectivity index (χ3n) is 2.24. The van der Waals surface area contributed by atoms with Crippen LogP contribution in [0.15, 0.2) is 18.2 Å². The lowest BCUT2D eigenvalue weighted by Crippen LogP contribution is -2.14. The Labute approximate surface area is 81.2 Å². The van der Waals surface area contributed by atoms with Crippen molar-refractivity contribution in [3.05, 3.63) is 34.9 Å². The standard InChI is InChI=1S/C12H19N/c1-4-7-13-9-12-6-5-10(2)8-11(12)3/h5-6,8,13H,4,7,9H2,1-3H3. The number of aryl methyl sites for hydroxylation is 2. The fourth-order valence-corrected chi connectivity index (χ4v) is 1.44. The van der Waals surface area contributed by atoms with Crippen LogP contribution in [0.3, 0.4) is 0 Å². The van der Waals surface area contributed by atoms with Crippen molar-refractivity contribution in [1.29, 1.82) is 0 Å². The Bertz CT molecular complexity index is 266. The van der Waals surface area contributed by atoms with E-state index in [1.807, 2.05) is 0 Å². The van der Waals surface area contributed by atoms with Crippen LogP contribution in [-0.2, 0) is 6.54 Å². The summed E-state index contributed by atoms with van der Waals surface area (Å²) in [6, 6.07) is 6.63. The van der Waals surface area contributed by atoms with Crippen LogP contribution >= 0.6 is 0 Å². The fraction of sp³-hybridized carbons (Fsp3) is 0.500. The maximum absolute atomic E-state index is 3.41. The van der Waals surface area contributed by atoms with Gasteiger partial charge in [-0.25, -0.2) is 0 Å². The molecular weight excluding hydrogens is 158 g/mol. The first-order valence-corrected chi connectivity index (χ1v) is 5.01. The largest absolute Gasteiger partial charge is 0.313 e. The minimum atomic E-state index is 1.000. The van der Waals surface area contributed by atoms with Crippen LogP contribution in [0, 0.1) is 13.8 Å². The molecular formula is C12H19N. The van der Waals surface area contributed by atoms with Crippen molar-refractivity contribution in [2.75, 3.05) is 6.54 Å². The molecule has 1 heteroatoms. The molecule has 72 valence electrons. The summed E-state index contributed by atoms with van der Waals surface area (Å²) in [6.45, 7) is 8.61. The summed E-state index contributed by atoms with van der Waals surface area (Å²) < 4.78 is 0. The Morgan fingerprint density at radius 1 is 1.23 bits per heavy atom. The smallest absolute Gasteiger partial charge is 0.0208 e. The van der Waals surface area contributed by atoms with Gasteiger partial charge in [0, 0.05) is 6.54 Å². The molecule has 0 heterocycles. The van der Waals surface area contributed by atoms with Crippen LogP contribution in [0.2, 0.25) is 0 Å². The molecule has 0 aliphatic heterocycles. The zero-order valence-electron chi connectivity index (χ0n) is 8.85. The number of hydrogen-bond acceptors (Lipinski definition) is 1. The number of rotatable bonds is 4. The van der Waals surface area contributed by atoms with E-state index >= 15 is 0 Å². The predicted molar refractivity (Wildman–Crippen MR) is 57.9 cm³/mol. The van der Waals surface area contributed by atoms with E-state index in [0.29, 0.717) is 0 Å². The summed E-state index contributed by atoms with van der Waals surface area (Å²) in [7, 11) is 0. The molecule has 0 bridgehead atoms. The summed E-state index contributed by atoms with van der Waals surface area (Å²) >= 11 is 0. The van der Waals surface area contributed by atoms with E-state index in [1.165, 1.54) is 23.1 Å². The third kappa shape index (κ3) is 3.19. The maximum Gasteiger partial charge on any atom is 0.0208 e. The van der Waals surface area contributed by atoms with E-state index in [0.717, 1.165) is 13.1 Å².